The Morgan fingerprint density at radius 2 is 1.68 bits per heavy atom. The van der Waals surface area contributed by atoms with Crippen molar-refractivity contribution in [2.75, 3.05) is 32.7 Å². The Kier molecular flexibility index (Phi) is 9.81. The first-order valence-electron chi connectivity index (χ1n) is 9.90. The monoisotopic (exact) mass is 478 g/mol. The molecule has 0 radical (unpaired) electrons. The van der Waals surface area contributed by atoms with Gasteiger partial charge in [0.25, 0.3) is 5.91 Å². The van der Waals surface area contributed by atoms with E-state index in [-0.39, 0.29) is 18.0 Å². The Hall–Kier alpha value is -4.15. The van der Waals surface area contributed by atoms with Crippen molar-refractivity contribution in [1.82, 2.24) is 5.32 Å². The number of methoxy groups -OCH3 is 2. The average Bonchev–Trinajstić information content (AvgIpc) is 2.80. The van der Waals surface area contributed by atoms with E-state index < -0.39 is 31.0 Å². The standard InChI is InChI=1S/C23H24F2N2O7/c1-14-4-7-17(31-2)16(10-14)27-20(28)12-26-21(29)13-33-22(30)9-6-15-5-8-18(34-23(24)25)19(11-15)32-3/h4-11,23H,12-13H2,1-3H3,(H,26,29)(H,27,28)/b9-6+. The summed E-state index contributed by atoms with van der Waals surface area (Å²) >= 11 is 0. The fourth-order valence-corrected chi connectivity index (χ4v) is 2.67. The van der Waals surface area contributed by atoms with Crippen LogP contribution in [-0.2, 0) is 19.1 Å². The summed E-state index contributed by atoms with van der Waals surface area (Å²) in [6.45, 7) is -2.09. The van der Waals surface area contributed by atoms with E-state index in [0.29, 0.717) is 17.0 Å². The van der Waals surface area contributed by atoms with Gasteiger partial charge in [-0.2, -0.15) is 8.78 Å². The number of hydrogen-bond donors (Lipinski definition) is 2. The molecule has 0 heterocycles. The van der Waals surface area contributed by atoms with Crippen molar-refractivity contribution < 1.29 is 42.1 Å². The molecule has 0 fully saturated rings. The van der Waals surface area contributed by atoms with Gasteiger partial charge in [-0.25, -0.2) is 4.79 Å². The molecule has 0 aliphatic heterocycles. The van der Waals surface area contributed by atoms with Crippen LogP contribution in [0.15, 0.2) is 42.5 Å². The Morgan fingerprint density at radius 3 is 2.35 bits per heavy atom. The van der Waals surface area contributed by atoms with Crippen molar-refractivity contribution in [2.45, 2.75) is 13.5 Å². The van der Waals surface area contributed by atoms with Crippen LogP contribution >= 0.6 is 0 Å². The first-order valence-corrected chi connectivity index (χ1v) is 9.90. The Labute approximate surface area is 194 Å². The zero-order valence-corrected chi connectivity index (χ0v) is 18.7. The first kappa shape index (κ1) is 26.1. The second-order valence-corrected chi connectivity index (χ2v) is 6.76. The maximum Gasteiger partial charge on any atom is 0.387 e. The maximum atomic E-state index is 12.4. The molecule has 2 aromatic carbocycles. The van der Waals surface area contributed by atoms with Gasteiger partial charge in [0.2, 0.25) is 5.91 Å². The largest absolute Gasteiger partial charge is 0.495 e. The molecule has 0 aliphatic rings. The van der Waals surface area contributed by atoms with Gasteiger partial charge in [-0.15, -0.1) is 0 Å². The highest BCUT2D eigenvalue weighted by molar-refractivity contribution is 5.96. The van der Waals surface area contributed by atoms with Gasteiger partial charge in [-0.05, 0) is 48.4 Å². The van der Waals surface area contributed by atoms with Crippen LogP contribution in [0.5, 0.6) is 17.2 Å². The predicted molar refractivity (Wildman–Crippen MR) is 119 cm³/mol. The number of amides is 2. The fourth-order valence-electron chi connectivity index (χ4n) is 2.67. The molecular weight excluding hydrogens is 454 g/mol. The summed E-state index contributed by atoms with van der Waals surface area (Å²) in [6.07, 6.45) is 2.39. The van der Waals surface area contributed by atoms with Crippen molar-refractivity contribution in [3.05, 3.63) is 53.6 Å². The molecule has 9 nitrogen and oxygen atoms in total. The number of hydrogen-bond acceptors (Lipinski definition) is 7. The minimum Gasteiger partial charge on any atom is -0.495 e. The van der Waals surface area contributed by atoms with Crippen LogP contribution in [0.4, 0.5) is 14.5 Å². The molecule has 2 N–H and O–H groups in total. The minimum absolute atomic E-state index is 0.0526. The number of benzene rings is 2. The van der Waals surface area contributed by atoms with Gasteiger partial charge in [0.1, 0.15) is 5.75 Å². The van der Waals surface area contributed by atoms with Crippen LogP contribution in [0.3, 0.4) is 0 Å². The molecule has 2 amide bonds. The van der Waals surface area contributed by atoms with Crippen LogP contribution in [0.25, 0.3) is 6.08 Å². The molecule has 182 valence electrons. The molecular formula is C23H24F2N2O7. The fraction of sp³-hybridized carbons (Fsp3) is 0.261. The third-order valence-corrected chi connectivity index (χ3v) is 4.24. The second-order valence-electron chi connectivity index (χ2n) is 6.76. The van der Waals surface area contributed by atoms with E-state index >= 15 is 0 Å². The lowest BCUT2D eigenvalue weighted by Crippen LogP contribution is -2.35. The molecule has 2 aromatic rings. The summed E-state index contributed by atoms with van der Waals surface area (Å²) in [5.74, 6) is -1.62. The molecule has 0 bridgehead atoms. The number of nitrogens with one attached hydrogen (secondary N) is 2. The van der Waals surface area contributed by atoms with Crippen molar-refractivity contribution in [2.24, 2.45) is 0 Å². The molecule has 11 heteroatoms. The van der Waals surface area contributed by atoms with Gasteiger partial charge in [-0.1, -0.05) is 12.1 Å². The topological polar surface area (TPSA) is 112 Å². The number of esters is 1. The minimum atomic E-state index is -3.01. The van der Waals surface area contributed by atoms with Crippen LogP contribution in [0.2, 0.25) is 0 Å². The van der Waals surface area contributed by atoms with E-state index in [4.69, 9.17) is 14.2 Å². The van der Waals surface area contributed by atoms with Crippen LogP contribution in [0.1, 0.15) is 11.1 Å². The number of carbonyl (C=O) groups excluding carboxylic acids is 3. The Bertz CT molecular complexity index is 1060. The lowest BCUT2D eigenvalue weighted by molar-refractivity contribution is -0.143. The number of ether oxygens (including phenoxy) is 4. The van der Waals surface area contributed by atoms with Crippen molar-refractivity contribution in [3.8, 4) is 17.2 Å². The third kappa shape index (κ3) is 8.41. The van der Waals surface area contributed by atoms with Crippen molar-refractivity contribution in [3.63, 3.8) is 0 Å². The van der Waals surface area contributed by atoms with Crippen LogP contribution in [-0.4, -0.2) is 51.8 Å². The lowest BCUT2D eigenvalue weighted by atomic mass is 10.2. The third-order valence-electron chi connectivity index (χ3n) is 4.24. The van der Waals surface area contributed by atoms with E-state index in [1.807, 2.05) is 13.0 Å². The zero-order valence-electron chi connectivity index (χ0n) is 18.7. The summed E-state index contributed by atoms with van der Waals surface area (Å²) in [5, 5.41) is 4.96. The molecule has 2 rings (SSSR count). The van der Waals surface area contributed by atoms with Crippen molar-refractivity contribution in [1.29, 1.82) is 0 Å². The summed E-state index contributed by atoms with van der Waals surface area (Å²) in [6, 6.07) is 9.33. The molecule has 0 aliphatic carbocycles. The molecule has 0 saturated heterocycles. The predicted octanol–water partition coefficient (Wildman–Crippen LogP) is 2.92. The van der Waals surface area contributed by atoms with E-state index in [1.165, 1.54) is 38.5 Å². The number of aryl methyl sites for hydroxylation is 1. The SMILES string of the molecule is COc1ccc(C)cc1NC(=O)CNC(=O)COC(=O)/C=C/c1ccc(OC(F)F)c(OC)c1. The quantitative estimate of drug-likeness (QED) is 0.377. The smallest absolute Gasteiger partial charge is 0.387 e. The second kappa shape index (κ2) is 12.8. The molecule has 0 atom stereocenters. The van der Waals surface area contributed by atoms with E-state index in [2.05, 4.69) is 15.4 Å². The lowest BCUT2D eigenvalue weighted by Gasteiger charge is -2.11. The average molecular weight is 478 g/mol. The highest BCUT2D eigenvalue weighted by Gasteiger charge is 2.12. The van der Waals surface area contributed by atoms with Gasteiger partial charge < -0.3 is 29.6 Å². The Morgan fingerprint density at radius 1 is 0.971 bits per heavy atom. The number of alkyl halides is 2. The normalized spacial score (nSPS) is 10.6. The molecule has 34 heavy (non-hydrogen) atoms. The number of carbonyl (C=O) groups is 3. The maximum absolute atomic E-state index is 12.4. The molecule has 0 unspecified atom stereocenters. The molecule has 0 spiro atoms. The number of halogens is 2. The van der Waals surface area contributed by atoms with Gasteiger partial charge in [0, 0.05) is 6.08 Å². The number of anilines is 1. The zero-order chi connectivity index (χ0) is 25.1. The van der Waals surface area contributed by atoms with Gasteiger partial charge in [-0.3, -0.25) is 9.59 Å². The van der Waals surface area contributed by atoms with Gasteiger partial charge in [0.15, 0.2) is 18.1 Å². The Balaban J connectivity index is 1.79. The number of rotatable bonds is 11. The van der Waals surface area contributed by atoms with E-state index in [9.17, 15) is 23.2 Å². The van der Waals surface area contributed by atoms with E-state index in [0.717, 1.165) is 11.6 Å². The first-order chi connectivity index (χ1) is 16.2. The highest BCUT2D eigenvalue weighted by Crippen LogP contribution is 2.30. The summed E-state index contributed by atoms with van der Waals surface area (Å²) in [7, 11) is 2.75. The highest BCUT2D eigenvalue weighted by atomic mass is 19.3. The molecule has 0 aromatic heterocycles. The molecule has 0 saturated carbocycles. The van der Waals surface area contributed by atoms with E-state index in [1.54, 1.807) is 12.1 Å². The van der Waals surface area contributed by atoms with Gasteiger partial charge >= 0.3 is 12.6 Å². The van der Waals surface area contributed by atoms with Crippen molar-refractivity contribution >= 4 is 29.5 Å². The van der Waals surface area contributed by atoms with Crippen LogP contribution < -0.4 is 24.8 Å². The summed E-state index contributed by atoms with van der Waals surface area (Å²) < 4.78 is 44.0. The summed E-state index contributed by atoms with van der Waals surface area (Å²) in [4.78, 5) is 35.8. The van der Waals surface area contributed by atoms with Crippen LogP contribution in [0, 0.1) is 6.92 Å². The summed E-state index contributed by atoms with van der Waals surface area (Å²) in [5.41, 5.74) is 1.82. The van der Waals surface area contributed by atoms with Gasteiger partial charge in [0.05, 0.1) is 26.5 Å².